The maximum absolute atomic E-state index is 12.0. The van der Waals surface area contributed by atoms with Crippen LogP contribution in [0.5, 0.6) is 5.75 Å². The van der Waals surface area contributed by atoms with Gasteiger partial charge in [0.2, 0.25) is 5.91 Å². The molecule has 26 heavy (non-hydrogen) atoms. The van der Waals surface area contributed by atoms with Crippen LogP contribution < -0.4 is 10.1 Å². The summed E-state index contributed by atoms with van der Waals surface area (Å²) in [6, 6.07) is 10.8. The highest BCUT2D eigenvalue weighted by molar-refractivity contribution is 6.35. The monoisotopic (exact) mass is 395 g/mol. The largest absolute Gasteiger partial charge is 0.480 e. The SMILES string of the molecule is CC(=O)Nc1ccc(C(=O)COC(=O)COc2ccc(Cl)cc2Cl)cc1. The van der Waals surface area contributed by atoms with Gasteiger partial charge in [-0.2, -0.15) is 0 Å². The lowest BCUT2D eigenvalue weighted by Gasteiger charge is -2.08. The van der Waals surface area contributed by atoms with Crippen molar-refractivity contribution >= 4 is 46.5 Å². The maximum Gasteiger partial charge on any atom is 0.344 e. The lowest BCUT2D eigenvalue weighted by molar-refractivity contribution is -0.144. The first kappa shape index (κ1) is 19.8. The summed E-state index contributed by atoms with van der Waals surface area (Å²) in [6.45, 7) is 0.573. The summed E-state index contributed by atoms with van der Waals surface area (Å²) in [5.41, 5.74) is 0.924. The van der Waals surface area contributed by atoms with Crippen LogP contribution in [0, 0.1) is 0 Å². The van der Waals surface area contributed by atoms with E-state index in [1.807, 2.05) is 0 Å². The topological polar surface area (TPSA) is 81.7 Å². The lowest BCUT2D eigenvalue weighted by Crippen LogP contribution is -2.19. The van der Waals surface area contributed by atoms with Gasteiger partial charge >= 0.3 is 5.97 Å². The fraction of sp³-hybridized carbons (Fsp3) is 0.167. The number of rotatable bonds is 7. The van der Waals surface area contributed by atoms with Gasteiger partial charge in [-0.25, -0.2) is 4.79 Å². The first-order valence-corrected chi connectivity index (χ1v) is 8.25. The molecule has 1 N–H and O–H groups in total. The van der Waals surface area contributed by atoms with Gasteiger partial charge in [0.15, 0.2) is 19.0 Å². The van der Waals surface area contributed by atoms with Crippen LogP contribution >= 0.6 is 23.2 Å². The third-order valence-electron chi connectivity index (χ3n) is 3.13. The summed E-state index contributed by atoms with van der Waals surface area (Å²) in [5.74, 6) is -1.01. The smallest absolute Gasteiger partial charge is 0.344 e. The van der Waals surface area contributed by atoms with Crippen LogP contribution in [-0.4, -0.2) is 30.9 Å². The van der Waals surface area contributed by atoms with Crippen LogP contribution in [0.2, 0.25) is 10.0 Å². The molecule has 0 bridgehead atoms. The predicted octanol–water partition coefficient (Wildman–Crippen LogP) is 3.76. The number of ketones is 1. The van der Waals surface area contributed by atoms with Gasteiger partial charge in [0, 0.05) is 23.2 Å². The van der Waals surface area contributed by atoms with Crippen molar-refractivity contribution in [2.45, 2.75) is 6.92 Å². The van der Waals surface area contributed by atoms with Gasteiger partial charge in [-0.15, -0.1) is 0 Å². The van der Waals surface area contributed by atoms with E-state index in [1.165, 1.54) is 31.2 Å². The Hall–Kier alpha value is -2.57. The Morgan fingerprint density at radius 1 is 1.00 bits per heavy atom. The molecular weight excluding hydrogens is 381 g/mol. The van der Waals surface area contributed by atoms with Crippen molar-refractivity contribution < 1.29 is 23.9 Å². The summed E-state index contributed by atoms with van der Waals surface area (Å²) in [5, 5.41) is 3.30. The molecule has 0 aliphatic rings. The van der Waals surface area contributed by atoms with Crippen molar-refractivity contribution in [1.29, 1.82) is 0 Å². The fourth-order valence-electron chi connectivity index (χ4n) is 1.94. The standard InChI is InChI=1S/C18H15Cl2NO5/c1-11(22)21-14-5-2-12(3-6-14)16(23)9-26-18(24)10-25-17-7-4-13(19)8-15(17)20/h2-8H,9-10H2,1H3,(H,21,22). The minimum atomic E-state index is -0.709. The molecule has 0 atom stereocenters. The number of benzene rings is 2. The number of carbonyl (C=O) groups excluding carboxylic acids is 3. The van der Waals surface area contributed by atoms with Crippen molar-refractivity contribution in [2.75, 3.05) is 18.5 Å². The molecule has 0 spiro atoms. The minimum Gasteiger partial charge on any atom is -0.480 e. The molecule has 2 rings (SSSR count). The predicted molar refractivity (Wildman–Crippen MR) is 98.0 cm³/mol. The maximum atomic E-state index is 12.0. The van der Waals surface area contributed by atoms with Gasteiger partial charge in [-0.1, -0.05) is 23.2 Å². The first-order valence-electron chi connectivity index (χ1n) is 7.49. The number of hydrogen-bond donors (Lipinski definition) is 1. The van der Waals surface area contributed by atoms with Gasteiger partial charge in [0.25, 0.3) is 0 Å². The highest BCUT2D eigenvalue weighted by Gasteiger charge is 2.12. The molecular formula is C18H15Cl2NO5. The molecule has 0 aromatic heterocycles. The summed E-state index contributed by atoms with van der Waals surface area (Å²) >= 11 is 11.7. The summed E-state index contributed by atoms with van der Waals surface area (Å²) in [6.07, 6.45) is 0. The van der Waals surface area contributed by atoms with E-state index in [1.54, 1.807) is 18.2 Å². The molecule has 136 valence electrons. The van der Waals surface area contributed by atoms with E-state index in [0.717, 1.165) is 0 Å². The van der Waals surface area contributed by atoms with Gasteiger partial charge in [-0.05, 0) is 42.5 Å². The van der Waals surface area contributed by atoms with E-state index in [-0.39, 0.29) is 22.5 Å². The van der Waals surface area contributed by atoms with Crippen LogP contribution in [0.3, 0.4) is 0 Å². The normalized spacial score (nSPS) is 10.1. The van der Waals surface area contributed by atoms with E-state index in [9.17, 15) is 14.4 Å². The van der Waals surface area contributed by atoms with Crippen LogP contribution in [0.4, 0.5) is 5.69 Å². The summed E-state index contributed by atoms with van der Waals surface area (Å²) in [7, 11) is 0. The molecule has 0 aliphatic heterocycles. The zero-order valence-electron chi connectivity index (χ0n) is 13.8. The molecule has 0 aliphatic carbocycles. The summed E-state index contributed by atoms with van der Waals surface area (Å²) in [4.78, 5) is 34.6. The Bertz CT molecular complexity index is 821. The Morgan fingerprint density at radius 3 is 2.31 bits per heavy atom. The fourth-order valence-corrected chi connectivity index (χ4v) is 2.41. The second kappa shape index (κ2) is 9.22. The molecule has 6 nitrogen and oxygen atoms in total. The Balaban J connectivity index is 1.81. The number of carbonyl (C=O) groups is 3. The zero-order chi connectivity index (χ0) is 19.1. The Labute approximate surface area is 160 Å². The zero-order valence-corrected chi connectivity index (χ0v) is 15.3. The number of hydrogen-bond acceptors (Lipinski definition) is 5. The van der Waals surface area contributed by atoms with E-state index in [2.05, 4.69) is 5.32 Å². The molecule has 2 aromatic rings. The molecule has 0 saturated heterocycles. The second-order valence-electron chi connectivity index (χ2n) is 5.21. The van der Waals surface area contributed by atoms with Crippen molar-refractivity contribution in [3.63, 3.8) is 0 Å². The van der Waals surface area contributed by atoms with Gasteiger partial charge in [0.1, 0.15) is 5.75 Å². The van der Waals surface area contributed by atoms with E-state index < -0.39 is 19.2 Å². The van der Waals surface area contributed by atoms with Crippen molar-refractivity contribution in [3.05, 3.63) is 58.1 Å². The van der Waals surface area contributed by atoms with Crippen LogP contribution in [0.15, 0.2) is 42.5 Å². The van der Waals surface area contributed by atoms with Gasteiger partial charge in [-0.3, -0.25) is 9.59 Å². The number of amides is 1. The average Bonchev–Trinajstić information content (AvgIpc) is 2.59. The number of halogens is 2. The highest BCUT2D eigenvalue weighted by atomic mass is 35.5. The highest BCUT2D eigenvalue weighted by Crippen LogP contribution is 2.27. The molecule has 8 heteroatoms. The van der Waals surface area contributed by atoms with Crippen molar-refractivity contribution in [3.8, 4) is 5.75 Å². The third-order valence-corrected chi connectivity index (χ3v) is 3.66. The van der Waals surface area contributed by atoms with Crippen LogP contribution in [-0.2, 0) is 14.3 Å². The number of esters is 1. The van der Waals surface area contributed by atoms with Gasteiger partial charge in [0.05, 0.1) is 5.02 Å². The van der Waals surface area contributed by atoms with Crippen molar-refractivity contribution in [2.24, 2.45) is 0 Å². The molecule has 0 unspecified atom stereocenters. The molecule has 0 fully saturated rings. The molecule has 0 saturated carbocycles. The Kier molecular flexibility index (Phi) is 7.00. The first-order chi connectivity index (χ1) is 12.3. The van der Waals surface area contributed by atoms with Gasteiger partial charge < -0.3 is 14.8 Å². The number of Topliss-reactive ketones (excluding diaryl/α,β-unsaturated/α-hetero) is 1. The van der Waals surface area contributed by atoms with Crippen molar-refractivity contribution in [1.82, 2.24) is 0 Å². The van der Waals surface area contributed by atoms with Crippen LogP contribution in [0.25, 0.3) is 0 Å². The number of anilines is 1. The number of ether oxygens (including phenoxy) is 2. The van der Waals surface area contributed by atoms with E-state index >= 15 is 0 Å². The van der Waals surface area contributed by atoms with Crippen LogP contribution in [0.1, 0.15) is 17.3 Å². The number of nitrogens with one attached hydrogen (secondary N) is 1. The molecule has 0 heterocycles. The summed E-state index contributed by atoms with van der Waals surface area (Å²) < 4.78 is 10.1. The average molecular weight is 396 g/mol. The Morgan fingerprint density at radius 2 is 1.69 bits per heavy atom. The molecule has 1 amide bonds. The molecule has 2 aromatic carbocycles. The second-order valence-corrected chi connectivity index (χ2v) is 6.05. The minimum absolute atomic E-state index is 0.209. The van der Waals surface area contributed by atoms with E-state index in [0.29, 0.717) is 16.3 Å². The third kappa shape index (κ3) is 6.06. The van der Waals surface area contributed by atoms with E-state index in [4.69, 9.17) is 32.7 Å². The lowest BCUT2D eigenvalue weighted by atomic mass is 10.1. The quantitative estimate of drug-likeness (QED) is 0.570. The molecule has 0 radical (unpaired) electrons.